The molecule has 0 bridgehead atoms. The Kier molecular flexibility index (Phi) is 6.94. The SMILES string of the molecule is O=[N+]([O-])c1ccc(OP(=O)(O)O)c(CCl)c1.c1ccncc1. The van der Waals surface area contributed by atoms with E-state index in [4.69, 9.17) is 21.4 Å². The summed E-state index contributed by atoms with van der Waals surface area (Å²) in [5.74, 6) is -0.328. The van der Waals surface area contributed by atoms with E-state index in [1.54, 1.807) is 12.4 Å². The van der Waals surface area contributed by atoms with Crippen LogP contribution in [0.3, 0.4) is 0 Å². The van der Waals surface area contributed by atoms with Gasteiger partial charge in [0.2, 0.25) is 0 Å². The summed E-state index contributed by atoms with van der Waals surface area (Å²) in [6.45, 7) is 0. The molecule has 0 atom stereocenters. The van der Waals surface area contributed by atoms with Crippen molar-refractivity contribution in [1.29, 1.82) is 0 Å². The highest BCUT2D eigenvalue weighted by Gasteiger charge is 2.19. The molecular formula is C12H12ClN2O6P. The van der Waals surface area contributed by atoms with Crippen LogP contribution in [-0.4, -0.2) is 19.7 Å². The van der Waals surface area contributed by atoms with Crippen LogP contribution >= 0.6 is 19.4 Å². The van der Waals surface area contributed by atoms with Gasteiger partial charge in [0.05, 0.1) is 10.8 Å². The first kappa shape index (κ1) is 18.1. The molecule has 2 rings (SSSR count). The molecule has 0 aliphatic rings. The Balaban J connectivity index is 0.000000335. The Morgan fingerprint density at radius 3 is 2.27 bits per heavy atom. The van der Waals surface area contributed by atoms with Crippen LogP contribution in [0.1, 0.15) is 5.56 Å². The van der Waals surface area contributed by atoms with E-state index in [1.807, 2.05) is 18.2 Å². The minimum atomic E-state index is -4.70. The normalized spacial score (nSPS) is 10.3. The molecule has 0 aliphatic heterocycles. The van der Waals surface area contributed by atoms with Gasteiger partial charge in [-0.1, -0.05) is 6.07 Å². The van der Waals surface area contributed by atoms with Crippen LogP contribution in [0.5, 0.6) is 5.75 Å². The van der Waals surface area contributed by atoms with E-state index in [9.17, 15) is 14.7 Å². The number of phosphoric acid groups is 1. The molecule has 0 saturated heterocycles. The van der Waals surface area contributed by atoms with Gasteiger partial charge in [-0.15, -0.1) is 11.6 Å². The molecule has 0 unspecified atom stereocenters. The van der Waals surface area contributed by atoms with Gasteiger partial charge in [-0.25, -0.2) is 4.57 Å². The second-order valence-electron chi connectivity index (χ2n) is 3.79. The molecule has 2 aromatic rings. The molecule has 0 fully saturated rings. The summed E-state index contributed by atoms with van der Waals surface area (Å²) in [4.78, 5) is 30.7. The number of hydrogen-bond donors (Lipinski definition) is 2. The molecule has 0 aliphatic carbocycles. The lowest BCUT2D eigenvalue weighted by Crippen LogP contribution is -1.96. The zero-order valence-electron chi connectivity index (χ0n) is 11.1. The van der Waals surface area contributed by atoms with Crippen molar-refractivity contribution in [3.63, 3.8) is 0 Å². The molecule has 8 nitrogen and oxygen atoms in total. The van der Waals surface area contributed by atoms with Crippen molar-refractivity contribution >= 4 is 25.1 Å². The van der Waals surface area contributed by atoms with Crippen LogP contribution < -0.4 is 4.52 Å². The summed E-state index contributed by atoms with van der Waals surface area (Å²) in [5, 5.41) is 10.4. The van der Waals surface area contributed by atoms with Crippen LogP contribution in [-0.2, 0) is 10.4 Å². The van der Waals surface area contributed by atoms with Gasteiger partial charge in [0, 0.05) is 30.1 Å². The summed E-state index contributed by atoms with van der Waals surface area (Å²) in [5.41, 5.74) is -0.0899. The summed E-state index contributed by atoms with van der Waals surface area (Å²) in [6.07, 6.45) is 3.50. The van der Waals surface area contributed by atoms with Crippen LogP contribution in [0.15, 0.2) is 48.8 Å². The fourth-order valence-corrected chi connectivity index (χ4v) is 1.96. The lowest BCUT2D eigenvalue weighted by Gasteiger charge is -2.09. The van der Waals surface area contributed by atoms with E-state index in [0.29, 0.717) is 0 Å². The molecule has 22 heavy (non-hydrogen) atoms. The van der Waals surface area contributed by atoms with E-state index in [0.717, 1.165) is 18.2 Å². The highest BCUT2D eigenvalue weighted by molar-refractivity contribution is 7.46. The number of hydrogen-bond acceptors (Lipinski definition) is 5. The number of aromatic nitrogens is 1. The predicted octanol–water partition coefficient (Wildman–Crippen LogP) is 2.89. The summed E-state index contributed by atoms with van der Waals surface area (Å²) < 4.78 is 14.9. The van der Waals surface area contributed by atoms with Crippen LogP contribution in [0.2, 0.25) is 0 Å². The number of non-ortho nitro benzene ring substituents is 1. The molecule has 0 spiro atoms. The summed E-state index contributed by atoms with van der Waals surface area (Å²) in [7, 11) is -4.70. The summed E-state index contributed by atoms with van der Waals surface area (Å²) in [6, 6.07) is 8.97. The third kappa shape index (κ3) is 6.64. The van der Waals surface area contributed by atoms with Gasteiger partial charge in [-0.3, -0.25) is 24.9 Å². The summed E-state index contributed by atoms with van der Waals surface area (Å²) >= 11 is 5.48. The molecule has 2 N–H and O–H groups in total. The maximum Gasteiger partial charge on any atom is 0.524 e. The number of rotatable bonds is 4. The van der Waals surface area contributed by atoms with Gasteiger partial charge < -0.3 is 4.52 Å². The molecule has 0 saturated carbocycles. The average molecular weight is 347 g/mol. The monoisotopic (exact) mass is 346 g/mol. The van der Waals surface area contributed by atoms with Crippen LogP contribution in [0, 0.1) is 10.1 Å². The number of nitro benzene ring substituents is 1. The van der Waals surface area contributed by atoms with Gasteiger partial charge >= 0.3 is 7.82 Å². The Hall–Kier alpha value is -1.99. The molecule has 1 aromatic carbocycles. The molecule has 1 heterocycles. The zero-order chi connectivity index (χ0) is 16.6. The van der Waals surface area contributed by atoms with E-state index >= 15 is 0 Å². The van der Waals surface area contributed by atoms with Gasteiger partial charge in [0.15, 0.2) is 0 Å². The van der Waals surface area contributed by atoms with E-state index < -0.39 is 12.7 Å². The Bertz CT molecular complexity index is 637. The number of alkyl halides is 1. The lowest BCUT2D eigenvalue weighted by molar-refractivity contribution is -0.384. The fraction of sp³-hybridized carbons (Fsp3) is 0.0833. The Morgan fingerprint density at radius 2 is 1.91 bits per heavy atom. The van der Waals surface area contributed by atoms with Crippen LogP contribution in [0.4, 0.5) is 5.69 Å². The largest absolute Gasteiger partial charge is 0.524 e. The number of phosphoric ester groups is 1. The van der Waals surface area contributed by atoms with Crippen molar-refractivity contribution in [3.05, 3.63) is 64.5 Å². The highest BCUT2D eigenvalue weighted by Crippen LogP contribution is 2.40. The van der Waals surface area contributed by atoms with Gasteiger partial charge in [-0.2, -0.15) is 0 Å². The van der Waals surface area contributed by atoms with E-state index in [1.165, 1.54) is 0 Å². The van der Waals surface area contributed by atoms with Crippen molar-refractivity contribution < 1.29 is 23.8 Å². The average Bonchev–Trinajstić information content (AvgIpc) is 2.48. The third-order valence-electron chi connectivity index (χ3n) is 2.18. The predicted molar refractivity (Wildman–Crippen MR) is 79.6 cm³/mol. The number of benzene rings is 1. The molecule has 118 valence electrons. The van der Waals surface area contributed by atoms with Crippen molar-refractivity contribution in [2.75, 3.05) is 0 Å². The smallest absolute Gasteiger partial charge is 0.404 e. The van der Waals surface area contributed by atoms with Crippen molar-refractivity contribution in [1.82, 2.24) is 4.98 Å². The second kappa shape index (κ2) is 8.45. The van der Waals surface area contributed by atoms with E-state index in [2.05, 4.69) is 9.51 Å². The zero-order valence-corrected chi connectivity index (χ0v) is 12.7. The number of pyridine rings is 1. The number of halogens is 1. The standard InChI is InChI=1S/C7H7ClNO6P.C5H5N/c8-4-5-3-6(9(10)11)1-2-7(5)15-16(12,13)14;1-2-4-6-5-3-1/h1-3H,4H2,(H2,12,13,14);1-5H. The second-order valence-corrected chi connectivity index (χ2v) is 5.22. The van der Waals surface area contributed by atoms with Gasteiger partial charge in [-0.05, 0) is 18.2 Å². The van der Waals surface area contributed by atoms with Crippen molar-refractivity contribution in [2.45, 2.75) is 5.88 Å². The Morgan fingerprint density at radius 1 is 1.27 bits per heavy atom. The maximum absolute atomic E-state index is 10.6. The van der Waals surface area contributed by atoms with Gasteiger partial charge in [0.25, 0.3) is 5.69 Å². The van der Waals surface area contributed by atoms with Gasteiger partial charge in [0.1, 0.15) is 5.75 Å². The molecule has 10 heteroatoms. The highest BCUT2D eigenvalue weighted by atomic mass is 35.5. The molecular weight excluding hydrogens is 335 g/mol. The fourth-order valence-electron chi connectivity index (χ4n) is 1.31. The lowest BCUT2D eigenvalue weighted by atomic mass is 10.2. The van der Waals surface area contributed by atoms with Crippen LogP contribution in [0.25, 0.3) is 0 Å². The van der Waals surface area contributed by atoms with Crippen molar-refractivity contribution in [3.8, 4) is 5.75 Å². The quantitative estimate of drug-likeness (QED) is 0.377. The Labute approximate surface area is 130 Å². The van der Waals surface area contributed by atoms with Crippen molar-refractivity contribution in [2.24, 2.45) is 0 Å². The molecule has 1 aromatic heterocycles. The third-order valence-corrected chi connectivity index (χ3v) is 2.91. The number of nitrogens with zero attached hydrogens (tertiary/aromatic N) is 2. The minimum absolute atomic E-state index is 0.138. The molecule has 0 radical (unpaired) electrons. The maximum atomic E-state index is 10.6. The first-order chi connectivity index (χ1) is 10.3. The minimum Gasteiger partial charge on any atom is -0.404 e. The first-order valence-corrected chi connectivity index (χ1v) is 7.83. The topological polar surface area (TPSA) is 123 Å². The number of nitro groups is 1. The van der Waals surface area contributed by atoms with E-state index in [-0.39, 0.29) is 22.9 Å². The molecule has 0 amide bonds. The first-order valence-electron chi connectivity index (χ1n) is 5.77.